The van der Waals surface area contributed by atoms with Crippen molar-refractivity contribution in [2.45, 2.75) is 25.8 Å². The molecule has 1 aliphatic rings. The van der Waals surface area contributed by atoms with E-state index in [4.69, 9.17) is 0 Å². The first-order valence-corrected chi connectivity index (χ1v) is 4.90. The molecule has 2 heterocycles. The Labute approximate surface area is 87.2 Å². The smallest absolute Gasteiger partial charge is 0.249 e. The third kappa shape index (κ3) is 2.18. The van der Waals surface area contributed by atoms with Crippen LogP contribution >= 0.6 is 0 Å². The van der Waals surface area contributed by atoms with Crippen LogP contribution in [0.5, 0.6) is 0 Å². The van der Waals surface area contributed by atoms with Gasteiger partial charge in [0.1, 0.15) is 11.9 Å². The van der Waals surface area contributed by atoms with E-state index in [-0.39, 0.29) is 17.9 Å². The molecule has 0 radical (unpaired) electrons. The van der Waals surface area contributed by atoms with Gasteiger partial charge in [0.15, 0.2) is 0 Å². The van der Waals surface area contributed by atoms with Gasteiger partial charge in [0, 0.05) is 12.6 Å². The predicted molar refractivity (Wildman–Crippen MR) is 55.3 cm³/mol. The summed E-state index contributed by atoms with van der Waals surface area (Å²) >= 11 is 0. The molecule has 0 bridgehead atoms. The van der Waals surface area contributed by atoms with Gasteiger partial charge in [-0.25, -0.2) is 0 Å². The summed E-state index contributed by atoms with van der Waals surface area (Å²) in [6.45, 7) is 1.96. The van der Waals surface area contributed by atoms with E-state index < -0.39 is 0 Å². The molecule has 1 aromatic heterocycles. The van der Waals surface area contributed by atoms with Gasteiger partial charge in [0.2, 0.25) is 11.8 Å². The SMILES string of the molecule is Cc1c[nH]c(NC2CCC(=O)NC2=O)c1. The van der Waals surface area contributed by atoms with Crippen LogP contribution in [0.1, 0.15) is 18.4 Å². The Morgan fingerprint density at radius 1 is 1.47 bits per heavy atom. The summed E-state index contributed by atoms with van der Waals surface area (Å²) < 4.78 is 0. The lowest BCUT2D eigenvalue weighted by Crippen LogP contribution is -2.47. The number of hydrogen-bond donors (Lipinski definition) is 3. The lowest BCUT2D eigenvalue weighted by molar-refractivity contribution is -0.133. The molecule has 80 valence electrons. The number of carbonyl (C=O) groups excluding carboxylic acids is 2. The molecule has 1 saturated heterocycles. The monoisotopic (exact) mass is 207 g/mol. The van der Waals surface area contributed by atoms with E-state index in [1.54, 1.807) is 0 Å². The summed E-state index contributed by atoms with van der Waals surface area (Å²) in [6.07, 6.45) is 2.79. The van der Waals surface area contributed by atoms with Crippen molar-refractivity contribution in [1.82, 2.24) is 10.3 Å². The van der Waals surface area contributed by atoms with Crippen molar-refractivity contribution in [2.75, 3.05) is 5.32 Å². The quantitative estimate of drug-likeness (QED) is 0.620. The van der Waals surface area contributed by atoms with Crippen molar-refractivity contribution in [2.24, 2.45) is 0 Å². The highest BCUT2D eigenvalue weighted by molar-refractivity contribution is 6.01. The van der Waals surface area contributed by atoms with Gasteiger partial charge in [-0.15, -0.1) is 0 Å². The minimum Gasteiger partial charge on any atom is -0.360 e. The van der Waals surface area contributed by atoms with Crippen molar-refractivity contribution in [3.05, 3.63) is 17.8 Å². The fourth-order valence-corrected chi connectivity index (χ4v) is 1.60. The number of piperidine rings is 1. The molecule has 3 N–H and O–H groups in total. The number of aryl methyl sites for hydroxylation is 1. The third-order valence-electron chi connectivity index (χ3n) is 2.40. The topological polar surface area (TPSA) is 74.0 Å². The average Bonchev–Trinajstić information content (AvgIpc) is 2.56. The van der Waals surface area contributed by atoms with Gasteiger partial charge < -0.3 is 10.3 Å². The maximum absolute atomic E-state index is 11.4. The van der Waals surface area contributed by atoms with Gasteiger partial charge in [-0.1, -0.05) is 0 Å². The fraction of sp³-hybridized carbons (Fsp3) is 0.400. The predicted octanol–water partition coefficient (Wildman–Crippen LogP) is 0.540. The highest BCUT2D eigenvalue weighted by Gasteiger charge is 2.26. The van der Waals surface area contributed by atoms with E-state index in [1.807, 2.05) is 19.2 Å². The van der Waals surface area contributed by atoms with E-state index >= 15 is 0 Å². The molecule has 5 nitrogen and oxygen atoms in total. The number of imide groups is 1. The van der Waals surface area contributed by atoms with E-state index in [2.05, 4.69) is 15.6 Å². The number of H-pyrrole nitrogens is 1. The molecule has 0 spiro atoms. The van der Waals surface area contributed by atoms with Crippen molar-refractivity contribution in [3.63, 3.8) is 0 Å². The summed E-state index contributed by atoms with van der Waals surface area (Å²) in [6, 6.07) is 1.60. The number of aromatic nitrogens is 1. The zero-order valence-corrected chi connectivity index (χ0v) is 8.46. The first-order chi connectivity index (χ1) is 7.15. The van der Waals surface area contributed by atoms with E-state index in [0.717, 1.165) is 11.4 Å². The number of aromatic amines is 1. The van der Waals surface area contributed by atoms with Crippen LogP contribution in [0, 0.1) is 6.92 Å². The summed E-state index contributed by atoms with van der Waals surface area (Å²) in [4.78, 5) is 25.3. The Kier molecular flexibility index (Phi) is 2.45. The van der Waals surface area contributed by atoms with E-state index in [0.29, 0.717) is 12.8 Å². The summed E-state index contributed by atoms with van der Waals surface area (Å²) in [7, 11) is 0. The largest absolute Gasteiger partial charge is 0.360 e. The van der Waals surface area contributed by atoms with Crippen LogP contribution in [0.4, 0.5) is 5.82 Å². The maximum Gasteiger partial charge on any atom is 0.249 e. The average molecular weight is 207 g/mol. The Hall–Kier alpha value is -1.78. The molecule has 0 aliphatic carbocycles. The van der Waals surface area contributed by atoms with Crippen LogP contribution in [-0.2, 0) is 9.59 Å². The Bertz CT molecular complexity index is 397. The molecule has 1 aromatic rings. The normalized spacial score (nSPS) is 21.3. The highest BCUT2D eigenvalue weighted by atomic mass is 16.2. The Morgan fingerprint density at radius 3 is 2.87 bits per heavy atom. The van der Waals surface area contributed by atoms with E-state index in [9.17, 15) is 9.59 Å². The Morgan fingerprint density at radius 2 is 2.27 bits per heavy atom. The molecule has 2 rings (SSSR count). The van der Waals surface area contributed by atoms with Crippen LogP contribution < -0.4 is 10.6 Å². The highest BCUT2D eigenvalue weighted by Crippen LogP contribution is 2.13. The van der Waals surface area contributed by atoms with Gasteiger partial charge in [-0.05, 0) is 25.0 Å². The number of hydrogen-bond acceptors (Lipinski definition) is 3. The van der Waals surface area contributed by atoms with Gasteiger partial charge in [0.25, 0.3) is 0 Å². The number of nitrogens with one attached hydrogen (secondary N) is 3. The molecular weight excluding hydrogens is 194 g/mol. The number of anilines is 1. The molecule has 2 amide bonds. The molecule has 5 heteroatoms. The van der Waals surface area contributed by atoms with Crippen molar-refractivity contribution < 1.29 is 9.59 Å². The third-order valence-corrected chi connectivity index (χ3v) is 2.40. The van der Waals surface area contributed by atoms with Crippen LogP contribution in [0.25, 0.3) is 0 Å². The Balaban J connectivity index is 2.00. The standard InChI is InChI=1S/C10H13N3O2/c1-6-4-8(11-5-6)12-7-2-3-9(14)13-10(7)15/h4-5,7,11-12H,2-3H2,1H3,(H,13,14,15). The van der Waals surface area contributed by atoms with Crippen LogP contribution in [0.15, 0.2) is 12.3 Å². The van der Waals surface area contributed by atoms with Gasteiger partial charge in [-0.3, -0.25) is 14.9 Å². The van der Waals surface area contributed by atoms with Crippen molar-refractivity contribution in [1.29, 1.82) is 0 Å². The second-order valence-corrected chi connectivity index (χ2v) is 3.74. The van der Waals surface area contributed by atoms with Crippen LogP contribution in [0.3, 0.4) is 0 Å². The number of carbonyl (C=O) groups is 2. The molecule has 0 saturated carbocycles. The van der Waals surface area contributed by atoms with Gasteiger partial charge >= 0.3 is 0 Å². The zero-order chi connectivity index (χ0) is 10.8. The van der Waals surface area contributed by atoms with Crippen molar-refractivity contribution in [3.8, 4) is 0 Å². The van der Waals surface area contributed by atoms with Crippen molar-refractivity contribution >= 4 is 17.6 Å². The summed E-state index contributed by atoms with van der Waals surface area (Å²) in [5.41, 5.74) is 1.10. The minimum atomic E-state index is -0.319. The first-order valence-electron chi connectivity index (χ1n) is 4.90. The maximum atomic E-state index is 11.4. The zero-order valence-electron chi connectivity index (χ0n) is 8.46. The molecule has 1 fully saturated rings. The van der Waals surface area contributed by atoms with Gasteiger partial charge in [-0.2, -0.15) is 0 Å². The second-order valence-electron chi connectivity index (χ2n) is 3.74. The lowest BCUT2D eigenvalue weighted by atomic mass is 10.1. The molecule has 1 unspecified atom stereocenters. The minimum absolute atomic E-state index is 0.194. The molecule has 15 heavy (non-hydrogen) atoms. The second kappa shape index (κ2) is 3.76. The lowest BCUT2D eigenvalue weighted by Gasteiger charge is -2.21. The molecule has 1 atom stereocenters. The number of amides is 2. The number of rotatable bonds is 2. The fourth-order valence-electron chi connectivity index (χ4n) is 1.60. The van der Waals surface area contributed by atoms with Crippen LogP contribution in [-0.4, -0.2) is 22.8 Å². The van der Waals surface area contributed by atoms with Gasteiger partial charge in [0.05, 0.1) is 0 Å². The molecule has 1 aliphatic heterocycles. The first kappa shape index (κ1) is 9.76. The molecular formula is C10H13N3O2. The van der Waals surface area contributed by atoms with Crippen LogP contribution in [0.2, 0.25) is 0 Å². The van der Waals surface area contributed by atoms with E-state index in [1.165, 1.54) is 0 Å². The summed E-state index contributed by atoms with van der Waals surface area (Å²) in [5, 5.41) is 5.35. The summed E-state index contributed by atoms with van der Waals surface area (Å²) in [5.74, 6) is 0.362. The molecule has 0 aromatic carbocycles.